The number of para-hydroxylation sites is 3. The number of nitrogens with zero attached hydrogens (tertiary/aromatic N) is 3. The third-order valence-corrected chi connectivity index (χ3v) is 11.5. The lowest BCUT2D eigenvalue weighted by Gasteiger charge is -2.28. The van der Waals surface area contributed by atoms with E-state index >= 15 is 0 Å². The van der Waals surface area contributed by atoms with Gasteiger partial charge in [0.05, 0.1) is 20.8 Å². The van der Waals surface area contributed by atoms with E-state index in [1.165, 1.54) is 0 Å². The van der Waals surface area contributed by atoms with Crippen LogP contribution in [0.25, 0.3) is 0 Å². The lowest BCUT2D eigenvalue weighted by atomic mass is 9.84. The number of hydrogen-bond acceptors (Lipinski definition) is 6. The summed E-state index contributed by atoms with van der Waals surface area (Å²) in [6.07, 6.45) is 0. The van der Waals surface area contributed by atoms with Crippen LogP contribution in [-0.2, 0) is 6.61 Å². The van der Waals surface area contributed by atoms with Crippen LogP contribution in [0.1, 0.15) is 28.2 Å². The second-order valence-corrected chi connectivity index (χ2v) is 15.5. The third kappa shape index (κ3) is 8.95. The summed E-state index contributed by atoms with van der Waals surface area (Å²) in [6, 6.07) is 82.3. The molecule has 0 aromatic heterocycles. The molecule has 0 amide bonds. The van der Waals surface area contributed by atoms with Gasteiger partial charge in [0.25, 0.3) is 0 Å². The Balaban J connectivity index is 1.14. The first-order chi connectivity index (χ1) is 31.6. The van der Waals surface area contributed by atoms with Crippen LogP contribution in [0, 0.1) is 0 Å². The molecule has 0 saturated heterocycles. The van der Waals surface area contributed by atoms with Crippen LogP contribution in [0.4, 0.5) is 51.2 Å². The number of rotatable bonds is 15. The summed E-state index contributed by atoms with van der Waals surface area (Å²) < 4.78 is 11.3. The van der Waals surface area contributed by atoms with Crippen molar-refractivity contribution in [2.24, 2.45) is 0 Å². The normalized spacial score (nSPS) is 10.9. The molecular formula is C58H49N3O3. The van der Waals surface area contributed by atoms with E-state index in [9.17, 15) is 5.11 Å². The first-order valence-corrected chi connectivity index (χ1v) is 21.4. The number of hydrogen-bond donors (Lipinski definition) is 1. The Morgan fingerprint density at radius 2 is 0.625 bits per heavy atom. The van der Waals surface area contributed by atoms with E-state index in [2.05, 4.69) is 191 Å². The molecule has 0 aliphatic rings. The van der Waals surface area contributed by atoms with Crippen molar-refractivity contribution in [3.05, 3.63) is 259 Å². The Bertz CT molecular complexity index is 2570. The fourth-order valence-corrected chi connectivity index (χ4v) is 8.39. The van der Waals surface area contributed by atoms with Crippen molar-refractivity contribution in [1.82, 2.24) is 0 Å². The lowest BCUT2D eigenvalue weighted by Crippen LogP contribution is -2.12. The lowest BCUT2D eigenvalue weighted by molar-refractivity contribution is 0.282. The zero-order valence-electron chi connectivity index (χ0n) is 35.9. The fraction of sp³-hybridized carbons (Fsp3) is 0.0690. The topological polar surface area (TPSA) is 48.4 Å². The third-order valence-electron chi connectivity index (χ3n) is 11.5. The predicted octanol–water partition coefficient (Wildman–Crippen LogP) is 14.8. The molecule has 0 aliphatic carbocycles. The smallest absolute Gasteiger partial charge is 0.120 e. The van der Waals surface area contributed by atoms with Gasteiger partial charge in [-0.2, -0.15) is 0 Å². The minimum atomic E-state index is -0.0935. The van der Waals surface area contributed by atoms with Gasteiger partial charge in [0.15, 0.2) is 0 Å². The number of methoxy groups -OCH3 is 2. The molecule has 0 heterocycles. The first kappa shape index (κ1) is 41.3. The minimum absolute atomic E-state index is 0.0278. The van der Waals surface area contributed by atoms with Crippen LogP contribution in [0.2, 0.25) is 0 Å². The molecule has 0 saturated carbocycles. The van der Waals surface area contributed by atoms with Crippen molar-refractivity contribution < 1.29 is 14.6 Å². The molecule has 9 aromatic carbocycles. The van der Waals surface area contributed by atoms with E-state index in [-0.39, 0.29) is 12.5 Å². The van der Waals surface area contributed by atoms with Gasteiger partial charge in [-0.15, -0.1) is 0 Å². The van der Waals surface area contributed by atoms with Crippen molar-refractivity contribution in [2.75, 3.05) is 28.9 Å². The zero-order valence-corrected chi connectivity index (χ0v) is 35.9. The number of anilines is 9. The average molecular weight is 836 g/mol. The maximum absolute atomic E-state index is 10.0. The molecule has 0 atom stereocenters. The second-order valence-electron chi connectivity index (χ2n) is 15.5. The minimum Gasteiger partial charge on any atom is -0.497 e. The highest BCUT2D eigenvalue weighted by molar-refractivity contribution is 5.80. The number of aliphatic hydroxyl groups excluding tert-OH is 1. The summed E-state index contributed by atoms with van der Waals surface area (Å²) in [6.45, 7) is -0.0278. The molecule has 0 fully saturated rings. The van der Waals surface area contributed by atoms with Crippen molar-refractivity contribution in [3.8, 4) is 11.5 Å². The van der Waals surface area contributed by atoms with E-state index in [4.69, 9.17) is 9.47 Å². The Labute approximate surface area is 376 Å². The molecule has 0 unspecified atom stereocenters. The van der Waals surface area contributed by atoms with Gasteiger partial charge >= 0.3 is 0 Å². The van der Waals surface area contributed by atoms with Crippen LogP contribution in [0.15, 0.2) is 237 Å². The zero-order chi connectivity index (χ0) is 43.7. The largest absolute Gasteiger partial charge is 0.497 e. The van der Waals surface area contributed by atoms with Gasteiger partial charge < -0.3 is 29.3 Å². The van der Waals surface area contributed by atoms with Gasteiger partial charge in [0.2, 0.25) is 0 Å². The summed E-state index contributed by atoms with van der Waals surface area (Å²) in [5.74, 6) is 1.50. The van der Waals surface area contributed by atoms with Crippen molar-refractivity contribution >= 4 is 51.2 Å². The van der Waals surface area contributed by atoms with Crippen LogP contribution >= 0.6 is 0 Å². The molecule has 9 aromatic rings. The Kier molecular flexibility index (Phi) is 12.5. The van der Waals surface area contributed by atoms with Crippen LogP contribution in [-0.4, -0.2) is 19.3 Å². The van der Waals surface area contributed by atoms with E-state index in [1.807, 2.05) is 60.7 Å². The van der Waals surface area contributed by atoms with E-state index in [0.717, 1.165) is 84.9 Å². The van der Waals surface area contributed by atoms with E-state index in [1.54, 1.807) is 14.2 Å². The van der Waals surface area contributed by atoms with Crippen molar-refractivity contribution in [3.63, 3.8) is 0 Å². The molecule has 6 heteroatoms. The molecule has 314 valence electrons. The summed E-state index contributed by atoms with van der Waals surface area (Å²) >= 11 is 0. The summed E-state index contributed by atoms with van der Waals surface area (Å²) in [5.41, 5.74) is 13.5. The monoisotopic (exact) mass is 835 g/mol. The SMILES string of the molecule is COc1cccc(N(c2ccccc2)c2ccc(C(c3ccc(N(c4ccccc4)c4cccc(CO)c4)cc3)c3ccc(N(c4ccccc4)c4cccc(OC)c4)cc3)cc2)c1. The molecule has 0 aliphatic heterocycles. The predicted molar refractivity (Wildman–Crippen MR) is 263 cm³/mol. The van der Waals surface area contributed by atoms with Gasteiger partial charge in [-0.1, -0.05) is 115 Å². The second kappa shape index (κ2) is 19.3. The summed E-state index contributed by atoms with van der Waals surface area (Å²) in [4.78, 5) is 6.74. The van der Waals surface area contributed by atoms with Gasteiger partial charge in [0.1, 0.15) is 11.5 Å². The standard InChI is InChI=1S/C58H49N3O3/c1-63-56-25-13-23-54(40-56)60(48-18-8-4-9-19-48)51-35-29-45(30-36-51)58(44-27-33-50(34-28-44)59(47-16-6-3-7-17-47)53-22-12-15-43(39-53)42-62)46-31-37-52(38-32-46)61(49-20-10-5-11-21-49)55-24-14-26-57(41-55)64-2/h3-41,58,62H,42H2,1-2H3. The van der Waals surface area contributed by atoms with Gasteiger partial charge in [0, 0.05) is 69.2 Å². The van der Waals surface area contributed by atoms with Crippen LogP contribution in [0.5, 0.6) is 11.5 Å². The Morgan fingerprint density at radius 1 is 0.328 bits per heavy atom. The quantitative estimate of drug-likeness (QED) is 0.104. The van der Waals surface area contributed by atoms with Crippen LogP contribution < -0.4 is 24.2 Å². The molecule has 9 rings (SSSR count). The average Bonchev–Trinajstić information content (AvgIpc) is 3.37. The summed E-state index contributed by atoms with van der Waals surface area (Å²) in [7, 11) is 3.40. The highest BCUT2D eigenvalue weighted by Gasteiger charge is 2.22. The molecule has 64 heavy (non-hydrogen) atoms. The highest BCUT2D eigenvalue weighted by Crippen LogP contribution is 2.42. The van der Waals surface area contributed by atoms with E-state index in [0.29, 0.717) is 0 Å². The van der Waals surface area contributed by atoms with Gasteiger partial charge in [-0.05, 0) is 131 Å². The number of benzene rings is 9. The molecule has 0 radical (unpaired) electrons. The van der Waals surface area contributed by atoms with Crippen LogP contribution in [0.3, 0.4) is 0 Å². The molecule has 0 spiro atoms. The molecule has 1 N–H and O–H groups in total. The van der Waals surface area contributed by atoms with Gasteiger partial charge in [-0.25, -0.2) is 0 Å². The van der Waals surface area contributed by atoms with E-state index < -0.39 is 0 Å². The Morgan fingerprint density at radius 3 is 0.953 bits per heavy atom. The fourth-order valence-electron chi connectivity index (χ4n) is 8.39. The first-order valence-electron chi connectivity index (χ1n) is 21.4. The molecular weight excluding hydrogens is 787 g/mol. The maximum atomic E-state index is 10.0. The number of ether oxygens (including phenoxy) is 2. The summed E-state index contributed by atoms with van der Waals surface area (Å²) in [5, 5.41) is 10.0. The van der Waals surface area contributed by atoms with Gasteiger partial charge in [-0.3, -0.25) is 0 Å². The van der Waals surface area contributed by atoms with Crippen molar-refractivity contribution in [2.45, 2.75) is 12.5 Å². The molecule has 6 nitrogen and oxygen atoms in total. The highest BCUT2D eigenvalue weighted by atomic mass is 16.5. The maximum Gasteiger partial charge on any atom is 0.120 e. The molecule has 0 bridgehead atoms. The number of aliphatic hydroxyl groups is 1. The van der Waals surface area contributed by atoms with Crippen molar-refractivity contribution in [1.29, 1.82) is 0 Å². The Hall–Kier alpha value is -8.06.